The quantitative estimate of drug-likeness (QED) is 0.490. The Balaban J connectivity index is 1.44. The molecule has 0 saturated carbocycles. The maximum atomic E-state index is 12.5. The lowest BCUT2D eigenvalue weighted by atomic mass is 10.3. The Labute approximate surface area is 171 Å². The van der Waals surface area contributed by atoms with E-state index in [-0.39, 0.29) is 11.7 Å². The molecule has 1 N–H and O–H groups in total. The zero-order valence-corrected chi connectivity index (χ0v) is 17.1. The molecule has 4 rings (SSSR count). The van der Waals surface area contributed by atoms with Gasteiger partial charge in [-0.3, -0.25) is 4.79 Å². The molecule has 0 radical (unpaired) electrons. The molecule has 3 aromatic heterocycles. The van der Waals surface area contributed by atoms with E-state index in [1.54, 1.807) is 16.9 Å². The fourth-order valence-corrected chi connectivity index (χ4v) is 3.72. The first-order valence-electron chi connectivity index (χ1n) is 9.02. The molecule has 1 aromatic carbocycles. The molecule has 9 heteroatoms. The summed E-state index contributed by atoms with van der Waals surface area (Å²) < 4.78 is 9.00. The third-order valence-corrected chi connectivity index (χ3v) is 5.49. The fraction of sp³-hybridized carbons (Fsp3) is 0.200. The summed E-state index contributed by atoms with van der Waals surface area (Å²) in [5.74, 6) is 1.33. The van der Waals surface area contributed by atoms with Crippen LogP contribution < -0.4 is 5.32 Å². The van der Waals surface area contributed by atoms with Gasteiger partial charge in [-0.1, -0.05) is 30.0 Å². The van der Waals surface area contributed by atoms with E-state index in [2.05, 4.69) is 20.6 Å². The van der Waals surface area contributed by atoms with Gasteiger partial charge in [-0.05, 0) is 38.1 Å². The third-order valence-electron chi connectivity index (χ3n) is 4.47. The SMILES string of the molecule is Cc1nn(-c2ccccc2)c(C)c1NC(=O)CSc1nnc(-c2ccco2)n1C. The van der Waals surface area contributed by atoms with Crippen molar-refractivity contribution in [3.8, 4) is 17.3 Å². The molecular formula is C20H20N6O2S. The maximum absolute atomic E-state index is 12.5. The van der Waals surface area contributed by atoms with Gasteiger partial charge in [0.05, 0.1) is 34.8 Å². The Morgan fingerprint density at radius 1 is 1.14 bits per heavy atom. The summed E-state index contributed by atoms with van der Waals surface area (Å²) in [6.07, 6.45) is 1.59. The van der Waals surface area contributed by atoms with Crippen molar-refractivity contribution in [2.45, 2.75) is 19.0 Å². The number of benzene rings is 1. The predicted octanol–water partition coefficient (Wildman–Crippen LogP) is 3.61. The smallest absolute Gasteiger partial charge is 0.234 e. The minimum absolute atomic E-state index is 0.128. The van der Waals surface area contributed by atoms with Gasteiger partial charge in [-0.15, -0.1) is 10.2 Å². The van der Waals surface area contributed by atoms with Gasteiger partial charge in [0.15, 0.2) is 16.7 Å². The number of carbonyl (C=O) groups excluding carboxylic acids is 1. The van der Waals surface area contributed by atoms with E-state index in [9.17, 15) is 4.79 Å². The number of thioether (sulfide) groups is 1. The van der Waals surface area contributed by atoms with Crippen LogP contribution in [0.4, 0.5) is 5.69 Å². The molecule has 0 atom stereocenters. The Kier molecular flexibility index (Phi) is 5.22. The van der Waals surface area contributed by atoms with Crippen molar-refractivity contribution >= 4 is 23.4 Å². The first-order valence-corrected chi connectivity index (χ1v) is 10.0. The summed E-state index contributed by atoms with van der Waals surface area (Å²) in [6.45, 7) is 3.82. The van der Waals surface area contributed by atoms with Crippen molar-refractivity contribution in [2.24, 2.45) is 7.05 Å². The van der Waals surface area contributed by atoms with E-state index < -0.39 is 0 Å². The highest BCUT2D eigenvalue weighted by Crippen LogP contribution is 2.25. The molecule has 0 spiro atoms. The van der Waals surface area contributed by atoms with Gasteiger partial charge in [0.1, 0.15) is 0 Å². The number of carbonyl (C=O) groups is 1. The highest BCUT2D eigenvalue weighted by molar-refractivity contribution is 7.99. The number of amides is 1. The fourth-order valence-electron chi connectivity index (χ4n) is 3.01. The summed E-state index contributed by atoms with van der Waals surface area (Å²) in [5.41, 5.74) is 3.33. The average molecular weight is 408 g/mol. The molecule has 0 unspecified atom stereocenters. The van der Waals surface area contributed by atoms with Crippen LogP contribution in [-0.4, -0.2) is 36.2 Å². The predicted molar refractivity (Wildman–Crippen MR) is 111 cm³/mol. The minimum Gasteiger partial charge on any atom is -0.461 e. The van der Waals surface area contributed by atoms with Crippen molar-refractivity contribution in [3.05, 3.63) is 60.1 Å². The van der Waals surface area contributed by atoms with Gasteiger partial charge in [-0.25, -0.2) is 4.68 Å². The number of hydrogen-bond donors (Lipinski definition) is 1. The van der Waals surface area contributed by atoms with E-state index in [0.29, 0.717) is 16.7 Å². The summed E-state index contributed by atoms with van der Waals surface area (Å²) >= 11 is 1.32. The molecule has 0 fully saturated rings. The number of aromatic nitrogens is 5. The van der Waals surface area contributed by atoms with Crippen LogP contribution >= 0.6 is 11.8 Å². The molecule has 29 heavy (non-hydrogen) atoms. The van der Waals surface area contributed by atoms with Gasteiger partial charge in [0, 0.05) is 7.05 Å². The summed E-state index contributed by atoms with van der Waals surface area (Å²) in [4.78, 5) is 12.5. The van der Waals surface area contributed by atoms with E-state index in [4.69, 9.17) is 4.42 Å². The molecule has 3 heterocycles. The number of aryl methyl sites for hydroxylation is 1. The third kappa shape index (κ3) is 3.81. The monoisotopic (exact) mass is 408 g/mol. The lowest BCUT2D eigenvalue weighted by Gasteiger charge is -2.07. The highest BCUT2D eigenvalue weighted by atomic mass is 32.2. The van der Waals surface area contributed by atoms with Crippen LogP contribution in [0.25, 0.3) is 17.3 Å². The Hall–Kier alpha value is -3.33. The van der Waals surface area contributed by atoms with Crippen LogP contribution in [0.1, 0.15) is 11.4 Å². The van der Waals surface area contributed by atoms with Crippen molar-refractivity contribution in [1.82, 2.24) is 24.5 Å². The van der Waals surface area contributed by atoms with Crippen molar-refractivity contribution in [1.29, 1.82) is 0 Å². The van der Waals surface area contributed by atoms with Crippen LogP contribution in [0.2, 0.25) is 0 Å². The first kappa shape index (κ1) is 19.0. The zero-order valence-electron chi connectivity index (χ0n) is 16.3. The second kappa shape index (κ2) is 7.96. The van der Waals surface area contributed by atoms with Gasteiger partial charge in [0.25, 0.3) is 0 Å². The van der Waals surface area contributed by atoms with Gasteiger partial charge < -0.3 is 14.3 Å². The Morgan fingerprint density at radius 3 is 2.66 bits per heavy atom. The standard InChI is InChI=1S/C20H20N6O2S/c1-13-18(14(2)26(24-13)15-8-5-4-6-9-15)21-17(27)12-29-20-23-22-19(25(20)3)16-10-7-11-28-16/h4-11H,12H2,1-3H3,(H,21,27). The second-order valence-electron chi connectivity index (χ2n) is 6.47. The van der Waals surface area contributed by atoms with Crippen molar-refractivity contribution < 1.29 is 9.21 Å². The van der Waals surface area contributed by atoms with Crippen LogP contribution in [0.5, 0.6) is 0 Å². The highest BCUT2D eigenvalue weighted by Gasteiger charge is 2.17. The van der Waals surface area contributed by atoms with E-state index >= 15 is 0 Å². The van der Waals surface area contributed by atoms with Gasteiger partial charge in [-0.2, -0.15) is 5.10 Å². The van der Waals surface area contributed by atoms with Crippen LogP contribution in [0, 0.1) is 13.8 Å². The number of para-hydroxylation sites is 1. The molecule has 8 nitrogen and oxygen atoms in total. The number of nitrogens with one attached hydrogen (secondary N) is 1. The second-order valence-corrected chi connectivity index (χ2v) is 7.42. The molecule has 0 aliphatic heterocycles. The summed E-state index contributed by atoms with van der Waals surface area (Å²) in [5, 5.41) is 16.5. The zero-order chi connectivity index (χ0) is 20.4. The van der Waals surface area contributed by atoms with Gasteiger partial charge in [0.2, 0.25) is 5.91 Å². The Morgan fingerprint density at radius 2 is 1.93 bits per heavy atom. The molecule has 1 amide bonds. The minimum atomic E-state index is -0.128. The molecule has 0 aliphatic rings. The first-order chi connectivity index (χ1) is 14.0. The Bertz CT molecular complexity index is 1130. The average Bonchev–Trinajstić information content (AvgIpc) is 3.43. The normalized spacial score (nSPS) is 11.0. The lowest BCUT2D eigenvalue weighted by molar-refractivity contribution is -0.113. The van der Waals surface area contributed by atoms with Crippen LogP contribution in [0.15, 0.2) is 58.3 Å². The number of rotatable bonds is 6. The largest absolute Gasteiger partial charge is 0.461 e. The summed E-state index contributed by atoms with van der Waals surface area (Å²) in [6, 6.07) is 13.4. The van der Waals surface area contributed by atoms with Crippen LogP contribution in [0.3, 0.4) is 0 Å². The van der Waals surface area contributed by atoms with Crippen molar-refractivity contribution in [3.63, 3.8) is 0 Å². The molecule has 0 aliphatic carbocycles. The summed E-state index contributed by atoms with van der Waals surface area (Å²) in [7, 11) is 1.84. The number of hydrogen-bond acceptors (Lipinski definition) is 6. The van der Waals surface area contributed by atoms with Crippen LogP contribution in [-0.2, 0) is 11.8 Å². The van der Waals surface area contributed by atoms with E-state index in [1.807, 2.05) is 62.0 Å². The van der Waals surface area contributed by atoms with Gasteiger partial charge >= 0.3 is 0 Å². The van der Waals surface area contributed by atoms with E-state index in [0.717, 1.165) is 22.8 Å². The molecule has 4 aromatic rings. The number of furan rings is 1. The molecule has 0 saturated heterocycles. The number of nitrogens with zero attached hydrogens (tertiary/aromatic N) is 5. The molecular weight excluding hydrogens is 388 g/mol. The van der Waals surface area contributed by atoms with E-state index in [1.165, 1.54) is 11.8 Å². The maximum Gasteiger partial charge on any atom is 0.234 e. The molecule has 0 bridgehead atoms. The van der Waals surface area contributed by atoms with Crippen molar-refractivity contribution in [2.75, 3.05) is 11.1 Å². The number of anilines is 1. The molecule has 148 valence electrons. The topological polar surface area (TPSA) is 90.8 Å². The lowest BCUT2D eigenvalue weighted by Crippen LogP contribution is -2.15.